The minimum atomic E-state index is 0.275. The molecule has 0 fully saturated rings. The first-order valence-corrected chi connectivity index (χ1v) is 6.29. The number of nitrogens with zero attached hydrogens (tertiary/aromatic N) is 4. The Balaban J connectivity index is 2.39. The maximum Gasteiger partial charge on any atom is 0.207 e. The molecule has 0 unspecified atom stereocenters. The van der Waals surface area contributed by atoms with Gasteiger partial charge in [0.2, 0.25) is 5.95 Å². The summed E-state index contributed by atoms with van der Waals surface area (Å²) >= 11 is 5.91. The average molecular weight is 284 g/mol. The number of nitrogen functional groups attached to an aromatic ring is 1. The van der Waals surface area contributed by atoms with Crippen LogP contribution in [0.1, 0.15) is 11.1 Å². The molecule has 0 aliphatic heterocycles. The molecule has 2 N–H and O–H groups in total. The van der Waals surface area contributed by atoms with E-state index in [-0.39, 0.29) is 5.95 Å². The van der Waals surface area contributed by atoms with E-state index in [0.29, 0.717) is 27.4 Å². The number of benzene rings is 1. The Bertz CT molecular complexity index is 860. The third-order valence-electron chi connectivity index (χ3n) is 3.09. The standard InChI is InChI=1S/C14H10ClN5/c1-8-3-2-4-12(10(8)6-16)20-13-11(19-14(20)17)5-9(15)7-18-13/h2-5,7H,1H3,(H2,17,19). The van der Waals surface area contributed by atoms with Gasteiger partial charge >= 0.3 is 0 Å². The van der Waals surface area contributed by atoms with Gasteiger partial charge in [0.1, 0.15) is 11.6 Å². The van der Waals surface area contributed by atoms with Crippen molar-refractivity contribution in [3.05, 3.63) is 46.6 Å². The van der Waals surface area contributed by atoms with E-state index in [0.717, 1.165) is 5.56 Å². The highest BCUT2D eigenvalue weighted by molar-refractivity contribution is 6.31. The van der Waals surface area contributed by atoms with Crippen LogP contribution >= 0.6 is 11.6 Å². The van der Waals surface area contributed by atoms with Crippen molar-refractivity contribution >= 4 is 28.7 Å². The van der Waals surface area contributed by atoms with Crippen LogP contribution in [0.5, 0.6) is 0 Å². The summed E-state index contributed by atoms with van der Waals surface area (Å²) < 4.78 is 1.66. The highest BCUT2D eigenvalue weighted by Gasteiger charge is 2.15. The van der Waals surface area contributed by atoms with Crippen LogP contribution in [0.2, 0.25) is 5.02 Å². The molecular formula is C14H10ClN5. The normalized spacial score (nSPS) is 10.7. The number of nitriles is 1. The lowest BCUT2D eigenvalue weighted by Gasteiger charge is -2.09. The fourth-order valence-electron chi connectivity index (χ4n) is 2.18. The summed E-state index contributed by atoms with van der Waals surface area (Å²) in [5, 5.41) is 9.83. The summed E-state index contributed by atoms with van der Waals surface area (Å²) in [5.41, 5.74) is 9.24. The minimum absolute atomic E-state index is 0.275. The molecule has 0 saturated carbocycles. The molecule has 6 heteroatoms. The molecule has 0 atom stereocenters. The molecule has 1 aromatic carbocycles. The number of halogens is 1. The van der Waals surface area contributed by atoms with Crippen molar-refractivity contribution in [1.82, 2.24) is 14.5 Å². The number of hydrogen-bond donors (Lipinski definition) is 1. The molecule has 0 aliphatic carbocycles. The smallest absolute Gasteiger partial charge is 0.207 e. The van der Waals surface area contributed by atoms with Crippen molar-refractivity contribution in [2.24, 2.45) is 0 Å². The second kappa shape index (κ2) is 4.51. The summed E-state index contributed by atoms with van der Waals surface area (Å²) in [6.07, 6.45) is 1.53. The van der Waals surface area contributed by atoms with Gasteiger partial charge in [-0.1, -0.05) is 23.7 Å². The third kappa shape index (κ3) is 1.78. The first-order chi connectivity index (χ1) is 9.61. The molecule has 2 heterocycles. The predicted octanol–water partition coefficient (Wildman–Crippen LogP) is 2.84. The number of aryl methyl sites for hydroxylation is 1. The maximum atomic E-state index is 9.34. The first-order valence-electron chi connectivity index (χ1n) is 5.91. The van der Waals surface area contributed by atoms with Gasteiger partial charge in [-0.3, -0.25) is 4.57 Å². The largest absolute Gasteiger partial charge is 0.369 e. The van der Waals surface area contributed by atoms with Crippen LogP contribution < -0.4 is 5.73 Å². The highest BCUT2D eigenvalue weighted by Crippen LogP contribution is 2.26. The molecule has 20 heavy (non-hydrogen) atoms. The topological polar surface area (TPSA) is 80.5 Å². The van der Waals surface area contributed by atoms with E-state index in [9.17, 15) is 5.26 Å². The van der Waals surface area contributed by atoms with Gasteiger partial charge in [-0.15, -0.1) is 0 Å². The number of fused-ring (bicyclic) bond motifs is 1. The van der Waals surface area contributed by atoms with Crippen molar-refractivity contribution in [1.29, 1.82) is 5.26 Å². The van der Waals surface area contributed by atoms with Crippen molar-refractivity contribution in [2.45, 2.75) is 6.92 Å². The van der Waals surface area contributed by atoms with Crippen LogP contribution in [-0.2, 0) is 0 Å². The Hall–Kier alpha value is -2.58. The Morgan fingerprint density at radius 2 is 2.20 bits per heavy atom. The van der Waals surface area contributed by atoms with Crippen LogP contribution in [0.15, 0.2) is 30.5 Å². The van der Waals surface area contributed by atoms with E-state index in [1.165, 1.54) is 6.20 Å². The van der Waals surface area contributed by atoms with Crippen LogP contribution in [0, 0.1) is 18.3 Å². The number of aromatic nitrogens is 3. The molecule has 3 aromatic rings. The molecule has 98 valence electrons. The zero-order valence-corrected chi connectivity index (χ0v) is 11.4. The average Bonchev–Trinajstić information content (AvgIpc) is 2.73. The molecule has 0 saturated heterocycles. The fourth-order valence-corrected chi connectivity index (χ4v) is 2.33. The molecule has 2 aromatic heterocycles. The second-order valence-corrected chi connectivity index (χ2v) is 4.82. The van der Waals surface area contributed by atoms with Crippen molar-refractivity contribution in [3.63, 3.8) is 0 Å². The van der Waals surface area contributed by atoms with Crippen LogP contribution in [0.25, 0.3) is 16.9 Å². The SMILES string of the molecule is Cc1cccc(-n2c(N)nc3cc(Cl)cnc32)c1C#N. The number of rotatable bonds is 1. The summed E-state index contributed by atoms with van der Waals surface area (Å²) in [6.45, 7) is 1.88. The maximum absolute atomic E-state index is 9.34. The van der Waals surface area contributed by atoms with E-state index >= 15 is 0 Å². The summed E-state index contributed by atoms with van der Waals surface area (Å²) in [6, 6.07) is 9.45. The predicted molar refractivity (Wildman–Crippen MR) is 77.7 cm³/mol. The molecule has 3 rings (SSSR count). The van der Waals surface area contributed by atoms with Crippen molar-refractivity contribution in [3.8, 4) is 11.8 Å². The lowest BCUT2D eigenvalue weighted by Crippen LogP contribution is -2.04. The molecule has 0 radical (unpaired) electrons. The van der Waals surface area contributed by atoms with Gasteiger partial charge in [-0.2, -0.15) is 5.26 Å². The first kappa shape index (κ1) is 12.5. The molecular weight excluding hydrogens is 274 g/mol. The van der Waals surface area contributed by atoms with Crippen LogP contribution in [-0.4, -0.2) is 14.5 Å². The van der Waals surface area contributed by atoms with Gasteiger partial charge in [0.25, 0.3) is 0 Å². The van der Waals surface area contributed by atoms with Crippen LogP contribution in [0.4, 0.5) is 5.95 Å². The zero-order valence-electron chi connectivity index (χ0n) is 10.6. The Morgan fingerprint density at radius 3 is 2.95 bits per heavy atom. The van der Waals surface area contributed by atoms with E-state index in [4.69, 9.17) is 17.3 Å². The molecule has 0 spiro atoms. The van der Waals surface area contributed by atoms with Crippen molar-refractivity contribution < 1.29 is 0 Å². The third-order valence-corrected chi connectivity index (χ3v) is 3.30. The Labute approximate surface area is 120 Å². The van der Waals surface area contributed by atoms with Gasteiger partial charge in [0, 0.05) is 6.20 Å². The van der Waals surface area contributed by atoms with Gasteiger partial charge < -0.3 is 5.73 Å². The summed E-state index contributed by atoms with van der Waals surface area (Å²) in [5.74, 6) is 0.275. The number of pyridine rings is 1. The number of imidazole rings is 1. The lowest BCUT2D eigenvalue weighted by atomic mass is 10.1. The molecule has 5 nitrogen and oxygen atoms in total. The quantitative estimate of drug-likeness (QED) is 0.744. The van der Waals surface area contributed by atoms with E-state index in [1.807, 2.05) is 25.1 Å². The van der Waals surface area contributed by atoms with Crippen molar-refractivity contribution in [2.75, 3.05) is 5.73 Å². The number of hydrogen-bond acceptors (Lipinski definition) is 4. The van der Waals surface area contributed by atoms with Gasteiger partial charge in [-0.25, -0.2) is 9.97 Å². The minimum Gasteiger partial charge on any atom is -0.369 e. The molecule has 0 aliphatic rings. The van der Waals surface area contributed by atoms with Crippen LogP contribution in [0.3, 0.4) is 0 Å². The highest BCUT2D eigenvalue weighted by atomic mass is 35.5. The summed E-state index contributed by atoms with van der Waals surface area (Å²) in [4.78, 5) is 8.50. The zero-order chi connectivity index (χ0) is 14.3. The fraction of sp³-hybridized carbons (Fsp3) is 0.0714. The lowest BCUT2D eigenvalue weighted by molar-refractivity contribution is 1.07. The van der Waals surface area contributed by atoms with Gasteiger partial charge in [0.05, 0.1) is 16.3 Å². The monoisotopic (exact) mass is 283 g/mol. The molecule has 0 amide bonds. The Kier molecular flexibility index (Phi) is 2.81. The van der Waals surface area contributed by atoms with Gasteiger partial charge in [-0.05, 0) is 24.6 Å². The van der Waals surface area contributed by atoms with E-state index in [1.54, 1.807) is 10.6 Å². The number of anilines is 1. The Morgan fingerprint density at radius 1 is 1.40 bits per heavy atom. The summed E-state index contributed by atoms with van der Waals surface area (Å²) in [7, 11) is 0. The molecule has 0 bridgehead atoms. The van der Waals surface area contributed by atoms with E-state index < -0.39 is 0 Å². The number of nitrogens with two attached hydrogens (primary N) is 1. The van der Waals surface area contributed by atoms with E-state index in [2.05, 4.69) is 16.0 Å². The second-order valence-electron chi connectivity index (χ2n) is 4.38. The van der Waals surface area contributed by atoms with Gasteiger partial charge in [0.15, 0.2) is 5.65 Å².